The van der Waals surface area contributed by atoms with Crippen LogP contribution in [0.5, 0.6) is 0 Å². The van der Waals surface area contributed by atoms with Gasteiger partial charge in [-0.2, -0.15) is 0 Å². The third kappa shape index (κ3) is 3.91. The molecule has 0 bridgehead atoms. The minimum Gasteiger partial charge on any atom is -0.337 e. The van der Waals surface area contributed by atoms with Gasteiger partial charge in [0.15, 0.2) is 0 Å². The summed E-state index contributed by atoms with van der Waals surface area (Å²) in [6.45, 7) is 0.652. The van der Waals surface area contributed by atoms with E-state index in [4.69, 9.17) is 0 Å². The molecule has 3 heterocycles. The lowest BCUT2D eigenvalue weighted by Crippen LogP contribution is -2.48. The zero-order valence-corrected chi connectivity index (χ0v) is 18.3. The minimum absolute atomic E-state index is 0.0686. The first-order valence-corrected chi connectivity index (χ1v) is 11.4. The molecule has 8 nitrogen and oxygen atoms in total. The van der Waals surface area contributed by atoms with Gasteiger partial charge >= 0.3 is 0 Å². The highest BCUT2D eigenvalue weighted by Gasteiger charge is 2.31. The van der Waals surface area contributed by atoms with Gasteiger partial charge in [-0.3, -0.25) is 19.3 Å². The first-order valence-electron chi connectivity index (χ1n) is 10.4. The van der Waals surface area contributed by atoms with Gasteiger partial charge in [-0.1, -0.05) is 30.4 Å². The highest BCUT2D eigenvalue weighted by Crippen LogP contribution is 2.39. The van der Waals surface area contributed by atoms with Crippen LogP contribution in [0.15, 0.2) is 66.1 Å². The molecule has 5 rings (SSSR count). The van der Waals surface area contributed by atoms with Crippen molar-refractivity contribution >= 4 is 40.0 Å². The summed E-state index contributed by atoms with van der Waals surface area (Å²) in [7, 11) is 1.74. The largest absolute Gasteiger partial charge is 0.337 e. The number of allylic oxidation sites excluding steroid dienone is 4. The standard InChI is InChI=1S/C23H22N6O2S/c1-28-20-17-9-10-24-11-16(17)7-8-19(20)32-13-18(23(28)31)26-22(30)21-25-14-29(27-21)12-15-5-3-2-4-6-15/h2-5,7-11,14-15,18H,6,12-13H2,1H3,(H,26,30)/t15?,18-/m0/s1. The summed E-state index contributed by atoms with van der Waals surface area (Å²) < 4.78 is 1.68. The van der Waals surface area contributed by atoms with Crippen LogP contribution < -0.4 is 10.2 Å². The van der Waals surface area contributed by atoms with Crippen LogP contribution in [0, 0.1) is 5.92 Å². The molecule has 1 N–H and O–H groups in total. The number of fused-ring (bicyclic) bond motifs is 3. The number of hydrogen-bond acceptors (Lipinski definition) is 6. The summed E-state index contributed by atoms with van der Waals surface area (Å²) >= 11 is 1.55. The van der Waals surface area contributed by atoms with Crippen LogP contribution in [0.4, 0.5) is 5.69 Å². The molecular formula is C23H22N6O2S. The van der Waals surface area contributed by atoms with E-state index in [0.717, 1.165) is 27.8 Å². The molecule has 0 spiro atoms. The fraction of sp³-hybridized carbons (Fsp3) is 0.261. The maximum atomic E-state index is 13.2. The summed E-state index contributed by atoms with van der Waals surface area (Å²) in [4.78, 5) is 37.0. The number of nitrogens with one attached hydrogen (secondary N) is 1. The molecule has 0 radical (unpaired) electrons. The summed E-state index contributed by atoms with van der Waals surface area (Å²) in [5.41, 5.74) is 0.841. The Hall–Kier alpha value is -3.46. The van der Waals surface area contributed by atoms with Crippen molar-refractivity contribution in [3.63, 3.8) is 0 Å². The normalized spacial score (nSPS) is 20.3. The number of rotatable bonds is 4. The van der Waals surface area contributed by atoms with Crippen LogP contribution in [0.3, 0.4) is 0 Å². The van der Waals surface area contributed by atoms with E-state index in [9.17, 15) is 9.59 Å². The predicted octanol–water partition coefficient (Wildman–Crippen LogP) is 2.83. The fourth-order valence-corrected chi connectivity index (χ4v) is 5.12. The SMILES string of the molecule is CN1C(=O)[C@@H](NC(=O)c2ncn(CC3C=CC=CC3)n2)CSc2ccc3cnccc3c21. The predicted molar refractivity (Wildman–Crippen MR) is 124 cm³/mol. The first kappa shape index (κ1) is 20.4. The molecule has 1 unspecified atom stereocenters. The molecule has 2 amide bonds. The average Bonchev–Trinajstić information content (AvgIpc) is 3.25. The molecule has 0 saturated carbocycles. The molecular weight excluding hydrogens is 424 g/mol. The Balaban J connectivity index is 1.31. The van der Waals surface area contributed by atoms with Crippen molar-refractivity contribution in [1.29, 1.82) is 0 Å². The first-order chi connectivity index (χ1) is 15.6. The van der Waals surface area contributed by atoms with Crippen LogP contribution in [0.2, 0.25) is 0 Å². The van der Waals surface area contributed by atoms with E-state index in [2.05, 4.69) is 32.5 Å². The van der Waals surface area contributed by atoms with E-state index in [-0.39, 0.29) is 11.7 Å². The number of hydrogen-bond donors (Lipinski definition) is 1. The van der Waals surface area contributed by atoms with Gasteiger partial charge in [0.2, 0.25) is 11.7 Å². The second-order valence-electron chi connectivity index (χ2n) is 7.84. The van der Waals surface area contributed by atoms with Gasteiger partial charge in [0.25, 0.3) is 5.91 Å². The molecule has 2 atom stereocenters. The molecule has 9 heteroatoms. The molecule has 1 aliphatic carbocycles. The number of benzene rings is 1. The topological polar surface area (TPSA) is 93.0 Å². The second-order valence-corrected chi connectivity index (χ2v) is 8.90. The van der Waals surface area contributed by atoms with E-state index < -0.39 is 11.9 Å². The number of thioether (sulfide) groups is 1. The average molecular weight is 447 g/mol. The van der Waals surface area contributed by atoms with Gasteiger partial charge in [-0.15, -0.1) is 16.9 Å². The van der Waals surface area contributed by atoms with E-state index in [1.165, 1.54) is 0 Å². The van der Waals surface area contributed by atoms with Crippen LogP contribution in [-0.2, 0) is 11.3 Å². The number of carbonyl (C=O) groups is 2. The van der Waals surface area contributed by atoms with Gasteiger partial charge in [-0.05, 0) is 18.6 Å². The lowest BCUT2D eigenvalue weighted by atomic mass is 10.0. The summed E-state index contributed by atoms with van der Waals surface area (Å²) in [5, 5.41) is 9.07. The molecule has 1 aliphatic heterocycles. The molecule has 0 fully saturated rings. The fourth-order valence-electron chi connectivity index (χ4n) is 4.00. The number of carbonyl (C=O) groups excluding carboxylic acids is 2. The monoisotopic (exact) mass is 446 g/mol. The molecule has 3 aromatic rings. The number of aromatic nitrogens is 4. The van der Waals surface area contributed by atoms with Crippen molar-refractivity contribution in [1.82, 2.24) is 25.1 Å². The zero-order valence-electron chi connectivity index (χ0n) is 17.5. The van der Waals surface area contributed by atoms with Gasteiger partial charge in [0.1, 0.15) is 12.4 Å². The second kappa shape index (κ2) is 8.58. The maximum absolute atomic E-state index is 13.2. The summed E-state index contributed by atoms with van der Waals surface area (Å²) in [6, 6.07) is 5.22. The summed E-state index contributed by atoms with van der Waals surface area (Å²) in [6.07, 6.45) is 14.3. The maximum Gasteiger partial charge on any atom is 0.291 e. The molecule has 2 aromatic heterocycles. The third-order valence-electron chi connectivity index (χ3n) is 5.66. The Morgan fingerprint density at radius 1 is 1.28 bits per heavy atom. The Labute approximate surface area is 189 Å². The van der Waals surface area contributed by atoms with E-state index in [1.807, 2.05) is 30.4 Å². The molecule has 1 aromatic carbocycles. The van der Waals surface area contributed by atoms with Crippen molar-refractivity contribution in [2.45, 2.75) is 23.9 Å². The highest BCUT2D eigenvalue weighted by atomic mass is 32.2. The van der Waals surface area contributed by atoms with E-state index in [0.29, 0.717) is 18.2 Å². The quantitative estimate of drug-likeness (QED) is 0.663. The van der Waals surface area contributed by atoms with Crippen molar-refractivity contribution in [2.75, 3.05) is 17.7 Å². The number of nitrogens with zero attached hydrogens (tertiary/aromatic N) is 5. The molecule has 2 aliphatic rings. The number of likely N-dealkylation sites (N-methyl/N-ethyl adjacent to an activating group) is 1. The van der Waals surface area contributed by atoms with Crippen LogP contribution in [0.1, 0.15) is 17.0 Å². The van der Waals surface area contributed by atoms with Gasteiger partial charge in [0, 0.05) is 53.3 Å². The zero-order chi connectivity index (χ0) is 22.1. The molecule has 162 valence electrons. The lowest BCUT2D eigenvalue weighted by molar-refractivity contribution is -0.119. The van der Waals surface area contributed by atoms with E-state index in [1.54, 1.807) is 47.1 Å². The number of amides is 2. The van der Waals surface area contributed by atoms with Gasteiger partial charge in [-0.25, -0.2) is 4.98 Å². The third-order valence-corrected chi connectivity index (χ3v) is 6.80. The van der Waals surface area contributed by atoms with Crippen molar-refractivity contribution in [3.8, 4) is 0 Å². The van der Waals surface area contributed by atoms with Crippen molar-refractivity contribution < 1.29 is 9.59 Å². The van der Waals surface area contributed by atoms with Crippen LogP contribution in [0.25, 0.3) is 10.8 Å². The van der Waals surface area contributed by atoms with E-state index >= 15 is 0 Å². The number of pyridine rings is 1. The smallest absolute Gasteiger partial charge is 0.291 e. The highest BCUT2D eigenvalue weighted by molar-refractivity contribution is 7.99. The molecule has 0 saturated heterocycles. The molecule has 32 heavy (non-hydrogen) atoms. The number of anilines is 1. The van der Waals surface area contributed by atoms with Gasteiger partial charge in [0.05, 0.1) is 5.69 Å². The van der Waals surface area contributed by atoms with Gasteiger partial charge < -0.3 is 10.2 Å². The van der Waals surface area contributed by atoms with Crippen molar-refractivity contribution in [2.24, 2.45) is 5.92 Å². The Kier molecular flexibility index (Phi) is 5.48. The Morgan fingerprint density at radius 3 is 3.03 bits per heavy atom. The Bertz CT molecular complexity index is 1250. The summed E-state index contributed by atoms with van der Waals surface area (Å²) in [5.74, 6) is 0.203. The van der Waals surface area contributed by atoms with Crippen LogP contribution >= 0.6 is 11.8 Å². The van der Waals surface area contributed by atoms with Crippen molar-refractivity contribution in [3.05, 3.63) is 67.0 Å². The lowest BCUT2D eigenvalue weighted by Gasteiger charge is -2.22. The Morgan fingerprint density at radius 2 is 2.19 bits per heavy atom. The minimum atomic E-state index is -0.680. The van der Waals surface area contributed by atoms with Crippen LogP contribution in [-0.4, -0.2) is 50.4 Å².